The van der Waals surface area contributed by atoms with Gasteiger partial charge in [0.15, 0.2) is 6.04 Å². The van der Waals surface area contributed by atoms with Crippen LogP contribution in [0, 0.1) is 6.92 Å². The maximum atomic E-state index is 11.0. The number of hydrogen-bond donors (Lipinski definition) is 3. The van der Waals surface area contributed by atoms with Gasteiger partial charge >= 0.3 is 5.97 Å². The fourth-order valence-electron chi connectivity index (χ4n) is 1.63. The minimum absolute atomic E-state index is 0.428. The molecule has 0 aliphatic rings. The Morgan fingerprint density at radius 1 is 1.50 bits per heavy atom. The van der Waals surface area contributed by atoms with Gasteiger partial charge in [-0.2, -0.15) is 0 Å². The van der Waals surface area contributed by atoms with Crippen molar-refractivity contribution in [3.63, 3.8) is 0 Å². The van der Waals surface area contributed by atoms with Gasteiger partial charge in [-0.25, -0.2) is 14.8 Å². The zero-order valence-electron chi connectivity index (χ0n) is 9.91. The molecule has 0 fully saturated rings. The summed E-state index contributed by atoms with van der Waals surface area (Å²) in [5.41, 5.74) is 0. The summed E-state index contributed by atoms with van der Waals surface area (Å²) in [5.74, 6) is -0.693. The van der Waals surface area contributed by atoms with E-state index >= 15 is 0 Å². The molecule has 0 radical (unpaired) electrons. The lowest BCUT2D eigenvalue weighted by Crippen LogP contribution is -2.39. The van der Waals surface area contributed by atoms with Crippen molar-refractivity contribution in [1.29, 1.82) is 0 Å². The first-order chi connectivity index (χ1) is 8.49. The molecule has 96 valence electrons. The van der Waals surface area contributed by atoms with E-state index in [0.717, 1.165) is 15.1 Å². The molecule has 18 heavy (non-hydrogen) atoms. The maximum Gasteiger partial charge on any atom is 0.328 e. The van der Waals surface area contributed by atoms with Crippen LogP contribution in [0.25, 0.3) is 10.2 Å². The third kappa shape index (κ3) is 2.41. The maximum absolute atomic E-state index is 11.0. The number of anilines is 1. The molecule has 0 aliphatic heterocycles. The van der Waals surface area contributed by atoms with E-state index in [9.17, 15) is 9.90 Å². The van der Waals surface area contributed by atoms with Crippen LogP contribution in [0.1, 0.15) is 11.8 Å². The zero-order valence-corrected chi connectivity index (χ0v) is 10.7. The molecule has 2 rings (SSSR count). The molecule has 0 saturated heterocycles. The second-order valence-corrected chi connectivity index (χ2v) is 5.23. The van der Waals surface area contributed by atoms with Crippen molar-refractivity contribution in [2.24, 2.45) is 0 Å². The predicted molar refractivity (Wildman–Crippen MR) is 68.9 cm³/mol. The molecule has 0 bridgehead atoms. The smallest absolute Gasteiger partial charge is 0.328 e. The number of carboxylic acid groups (broad SMARTS) is 1. The quantitative estimate of drug-likeness (QED) is 0.771. The SMILES string of the molecule is Cc1cc2c(NC(C(=O)O)C(C)O)ncnc2s1. The number of aliphatic carboxylic acids is 1. The second kappa shape index (κ2) is 4.87. The Hall–Kier alpha value is -1.73. The molecule has 3 N–H and O–H groups in total. The zero-order chi connectivity index (χ0) is 13.3. The number of aliphatic hydroxyl groups is 1. The highest BCUT2D eigenvalue weighted by Gasteiger charge is 2.24. The number of aryl methyl sites for hydroxylation is 1. The van der Waals surface area contributed by atoms with Crippen LogP contribution in [0.5, 0.6) is 0 Å². The van der Waals surface area contributed by atoms with E-state index in [0.29, 0.717) is 5.82 Å². The van der Waals surface area contributed by atoms with E-state index in [1.807, 2.05) is 13.0 Å². The molecule has 2 atom stereocenters. The van der Waals surface area contributed by atoms with Crippen LogP contribution in [-0.2, 0) is 4.79 Å². The molecule has 2 aromatic rings. The number of nitrogens with one attached hydrogen (secondary N) is 1. The summed E-state index contributed by atoms with van der Waals surface area (Å²) in [4.78, 5) is 21.0. The topological polar surface area (TPSA) is 95.3 Å². The van der Waals surface area contributed by atoms with Gasteiger partial charge in [-0.05, 0) is 19.9 Å². The summed E-state index contributed by atoms with van der Waals surface area (Å²) in [6.07, 6.45) is 0.355. The summed E-state index contributed by atoms with van der Waals surface area (Å²) in [6, 6.07) is 0.798. The van der Waals surface area contributed by atoms with Crippen LogP contribution in [-0.4, -0.2) is 38.3 Å². The summed E-state index contributed by atoms with van der Waals surface area (Å²) >= 11 is 1.51. The third-order valence-corrected chi connectivity index (χ3v) is 3.45. The van der Waals surface area contributed by atoms with Crippen molar-refractivity contribution in [3.8, 4) is 0 Å². The molecule has 0 aliphatic carbocycles. The largest absolute Gasteiger partial charge is 0.480 e. The van der Waals surface area contributed by atoms with Crippen molar-refractivity contribution in [2.45, 2.75) is 26.0 Å². The van der Waals surface area contributed by atoms with Gasteiger partial charge < -0.3 is 15.5 Å². The number of aliphatic hydroxyl groups excluding tert-OH is 1. The molecule has 6 nitrogen and oxygen atoms in total. The average Bonchev–Trinajstić information content (AvgIpc) is 2.65. The molecule has 2 heterocycles. The van der Waals surface area contributed by atoms with Gasteiger partial charge in [-0.3, -0.25) is 0 Å². The minimum atomic E-state index is -1.12. The number of hydrogen-bond acceptors (Lipinski definition) is 6. The minimum Gasteiger partial charge on any atom is -0.480 e. The summed E-state index contributed by atoms with van der Waals surface area (Å²) in [7, 11) is 0. The number of carbonyl (C=O) groups is 1. The number of fused-ring (bicyclic) bond motifs is 1. The highest BCUT2D eigenvalue weighted by molar-refractivity contribution is 7.18. The lowest BCUT2D eigenvalue weighted by molar-refractivity contribution is -0.140. The van der Waals surface area contributed by atoms with Crippen LogP contribution < -0.4 is 5.32 Å². The number of nitrogens with zero attached hydrogens (tertiary/aromatic N) is 2. The van der Waals surface area contributed by atoms with Gasteiger partial charge in [0.25, 0.3) is 0 Å². The van der Waals surface area contributed by atoms with Gasteiger partial charge in [-0.15, -0.1) is 11.3 Å². The van der Waals surface area contributed by atoms with Crippen LogP contribution in [0.4, 0.5) is 5.82 Å². The standard InChI is InChI=1S/C11H13N3O3S/c1-5-3-7-9(12-4-13-10(7)18-5)14-8(6(2)15)11(16)17/h3-4,6,8,15H,1-2H3,(H,16,17)(H,12,13,14). The van der Waals surface area contributed by atoms with Crippen molar-refractivity contribution in [2.75, 3.05) is 5.32 Å². The van der Waals surface area contributed by atoms with Crippen LogP contribution in [0.2, 0.25) is 0 Å². The lowest BCUT2D eigenvalue weighted by Gasteiger charge is -2.17. The molecule has 0 aromatic carbocycles. The predicted octanol–water partition coefficient (Wildman–Crippen LogP) is 1.25. The molecule has 7 heteroatoms. The number of aromatic nitrogens is 2. The van der Waals surface area contributed by atoms with Crippen LogP contribution in [0.3, 0.4) is 0 Å². The number of thiophene rings is 1. The third-order valence-electron chi connectivity index (χ3n) is 2.49. The first-order valence-electron chi connectivity index (χ1n) is 5.37. The van der Waals surface area contributed by atoms with Crippen LogP contribution >= 0.6 is 11.3 Å². The van der Waals surface area contributed by atoms with Gasteiger partial charge in [0.1, 0.15) is 17.0 Å². The van der Waals surface area contributed by atoms with Gasteiger partial charge in [-0.1, -0.05) is 0 Å². The summed E-state index contributed by atoms with van der Waals surface area (Å²) in [5, 5.41) is 22.0. The number of carboxylic acids is 1. The Morgan fingerprint density at radius 3 is 2.83 bits per heavy atom. The number of rotatable bonds is 4. The molecule has 2 aromatic heterocycles. The molecular formula is C11H13N3O3S. The highest BCUT2D eigenvalue weighted by Crippen LogP contribution is 2.27. The van der Waals surface area contributed by atoms with E-state index in [4.69, 9.17) is 5.11 Å². The first kappa shape index (κ1) is 12.7. The molecule has 0 amide bonds. The molecule has 0 spiro atoms. The van der Waals surface area contributed by atoms with Crippen LogP contribution in [0.15, 0.2) is 12.4 Å². The normalized spacial score (nSPS) is 14.4. The molecule has 0 saturated carbocycles. The van der Waals surface area contributed by atoms with Crippen molar-refractivity contribution >= 4 is 33.3 Å². The van der Waals surface area contributed by atoms with Gasteiger partial charge in [0, 0.05) is 4.88 Å². The lowest BCUT2D eigenvalue weighted by atomic mass is 10.2. The Morgan fingerprint density at radius 2 is 2.22 bits per heavy atom. The van der Waals surface area contributed by atoms with E-state index in [2.05, 4.69) is 15.3 Å². The van der Waals surface area contributed by atoms with E-state index in [1.54, 1.807) is 0 Å². The molecular weight excluding hydrogens is 254 g/mol. The highest BCUT2D eigenvalue weighted by atomic mass is 32.1. The Bertz CT molecular complexity index is 582. The molecule has 2 unspecified atom stereocenters. The van der Waals surface area contributed by atoms with E-state index in [-0.39, 0.29) is 0 Å². The van der Waals surface area contributed by atoms with Crippen molar-refractivity contribution < 1.29 is 15.0 Å². The fourth-order valence-corrected chi connectivity index (χ4v) is 2.47. The summed E-state index contributed by atoms with van der Waals surface area (Å²) < 4.78 is 0. The summed E-state index contributed by atoms with van der Waals surface area (Å²) in [6.45, 7) is 3.36. The van der Waals surface area contributed by atoms with E-state index < -0.39 is 18.1 Å². The van der Waals surface area contributed by atoms with Gasteiger partial charge in [0.05, 0.1) is 11.5 Å². The van der Waals surface area contributed by atoms with E-state index in [1.165, 1.54) is 24.6 Å². The Balaban J connectivity index is 2.39. The fraction of sp³-hybridized carbons (Fsp3) is 0.364. The van der Waals surface area contributed by atoms with Gasteiger partial charge in [0.2, 0.25) is 0 Å². The second-order valence-electron chi connectivity index (χ2n) is 4.00. The van der Waals surface area contributed by atoms with Crippen molar-refractivity contribution in [1.82, 2.24) is 9.97 Å². The monoisotopic (exact) mass is 267 g/mol. The van der Waals surface area contributed by atoms with Crippen molar-refractivity contribution in [3.05, 3.63) is 17.3 Å². The first-order valence-corrected chi connectivity index (χ1v) is 6.19. The Labute approximate surface area is 107 Å². The Kier molecular flexibility index (Phi) is 3.44. The average molecular weight is 267 g/mol.